The van der Waals surface area contributed by atoms with Gasteiger partial charge >= 0.3 is 6.09 Å². The van der Waals surface area contributed by atoms with E-state index >= 15 is 0 Å². The molecule has 1 aliphatic rings. The standard InChI is InChI=1S/C15H21NO2/c1-12(2)14(13-6-4-3-5-7-13)8-9-16-10-11-18-15(16)17/h3-7,12,14H,8-11H2,1-2H3. The topological polar surface area (TPSA) is 29.5 Å². The molecule has 0 radical (unpaired) electrons. The van der Waals surface area contributed by atoms with E-state index in [0.29, 0.717) is 18.4 Å². The molecule has 1 atom stereocenters. The van der Waals surface area contributed by atoms with Gasteiger partial charge < -0.3 is 9.64 Å². The van der Waals surface area contributed by atoms with Gasteiger partial charge in [0.15, 0.2) is 0 Å². The van der Waals surface area contributed by atoms with Crippen LogP contribution < -0.4 is 0 Å². The summed E-state index contributed by atoms with van der Waals surface area (Å²) >= 11 is 0. The van der Waals surface area contributed by atoms with Crippen LogP contribution in [0.15, 0.2) is 30.3 Å². The summed E-state index contributed by atoms with van der Waals surface area (Å²) in [6.07, 6.45) is 0.835. The molecule has 1 heterocycles. The second-order valence-electron chi connectivity index (χ2n) is 5.15. The lowest BCUT2D eigenvalue weighted by molar-refractivity contribution is 0.157. The minimum Gasteiger partial charge on any atom is -0.448 e. The van der Waals surface area contributed by atoms with Crippen molar-refractivity contribution >= 4 is 6.09 Å². The maximum absolute atomic E-state index is 11.4. The monoisotopic (exact) mass is 247 g/mol. The van der Waals surface area contributed by atoms with Gasteiger partial charge in [0.2, 0.25) is 0 Å². The Morgan fingerprint density at radius 2 is 2.00 bits per heavy atom. The average molecular weight is 247 g/mol. The van der Waals surface area contributed by atoms with Crippen molar-refractivity contribution in [2.75, 3.05) is 19.7 Å². The van der Waals surface area contributed by atoms with Gasteiger partial charge in [-0.05, 0) is 23.8 Å². The molecule has 1 amide bonds. The molecule has 1 saturated heterocycles. The Bertz CT molecular complexity index is 389. The smallest absolute Gasteiger partial charge is 0.409 e. The molecule has 18 heavy (non-hydrogen) atoms. The number of rotatable bonds is 5. The number of hydrogen-bond acceptors (Lipinski definition) is 2. The van der Waals surface area contributed by atoms with E-state index in [1.807, 2.05) is 6.07 Å². The highest BCUT2D eigenvalue weighted by Crippen LogP contribution is 2.28. The molecule has 2 rings (SSSR count). The molecule has 0 saturated carbocycles. The summed E-state index contributed by atoms with van der Waals surface area (Å²) in [7, 11) is 0. The molecular weight excluding hydrogens is 226 g/mol. The molecule has 98 valence electrons. The molecule has 0 N–H and O–H groups in total. The van der Waals surface area contributed by atoms with Crippen molar-refractivity contribution in [3.8, 4) is 0 Å². The minimum atomic E-state index is -0.162. The van der Waals surface area contributed by atoms with Crippen LogP contribution in [0.2, 0.25) is 0 Å². The molecule has 1 fully saturated rings. The van der Waals surface area contributed by atoms with Crippen LogP contribution in [-0.2, 0) is 4.74 Å². The third-order valence-corrected chi connectivity index (χ3v) is 3.59. The Kier molecular flexibility index (Phi) is 4.24. The van der Waals surface area contributed by atoms with Gasteiger partial charge in [-0.3, -0.25) is 0 Å². The van der Waals surface area contributed by atoms with Gasteiger partial charge in [-0.25, -0.2) is 4.79 Å². The first-order valence-corrected chi connectivity index (χ1v) is 6.65. The average Bonchev–Trinajstić information content (AvgIpc) is 2.76. The summed E-state index contributed by atoms with van der Waals surface area (Å²) < 4.78 is 4.95. The highest BCUT2D eigenvalue weighted by atomic mass is 16.6. The van der Waals surface area contributed by atoms with Crippen molar-refractivity contribution in [1.82, 2.24) is 4.90 Å². The van der Waals surface area contributed by atoms with E-state index in [1.54, 1.807) is 4.90 Å². The Labute approximate surface area is 109 Å². The summed E-state index contributed by atoms with van der Waals surface area (Å²) in [5.41, 5.74) is 1.36. The summed E-state index contributed by atoms with van der Waals surface area (Å²) in [5.74, 6) is 1.07. The largest absolute Gasteiger partial charge is 0.448 e. The lowest BCUT2D eigenvalue weighted by Gasteiger charge is -2.23. The van der Waals surface area contributed by atoms with E-state index in [9.17, 15) is 4.79 Å². The van der Waals surface area contributed by atoms with Gasteiger partial charge in [0.05, 0.1) is 6.54 Å². The molecule has 3 heteroatoms. The summed E-state index contributed by atoms with van der Waals surface area (Å²) in [6.45, 7) is 6.53. The third-order valence-electron chi connectivity index (χ3n) is 3.59. The van der Waals surface area contributed by atoms with E-state index in [0.717, 1.165) is 19.5 Å². The van der Waals surface area contributed by atoms with Crippen molar-refractivity contribution in [3.63, 3.8) is 0 Å². The highest BCUT2D eigenvalue weighted by molar-refractivity contribution is 5.69. The first-order chi connectivity index (χ1) is 8.68. The molecule has 1 aromatic rings. The normalized spacial score (nSPS) is 17.1. The maximum Gasteiger partial charge on any atom is 0.409 e. The number of amides is 1. The van der Waals surface area contributed by atoms with Gasteiger partial charge in [-0.15, -0.1) is 0 Å². The van der Waals surface area contributed by atoms with Crippen molar-refractivity contribution in [1.29, 1.82) is 0 Å². The summed E-state index contributed by atoms with van der Waals surface area (Å²) in [5, 5.41) is 0. The zero-order chi connectivity index (χ0) is 13.0. The zero-order valence-corrected chi connectivity index (χ0v) is 11.1. The van der Waals surface area contributed by atoms with Gasteiger partial charge in [0, 0.05) is 6.54 Å². The molecule has 0 bridgehead atoms. The number of carbonyl (C=O) groups is 1. The van der Waals surface area contributed by atoms with Crippen molar-refractivity contribution in [2.45, 2.75) is 26.2 Å². The predicted molar refractivity (Wildman–Crippen MR) is 71.6 cm³/mol. The fraction of sp³-hybridized carbons (Fsp3) is 0.533. The second-order valence-corrected chi connectivity index (χ2v) is 5.15. The van der Waals surface area contributed by atoms with E-state index < -0.39 is 0 Å². The van der Waals surface area contributed by atoms with Crippen LogP contribution in [0.5, 0.6) is 0 Å². The van der Waals surface area contributed by atoms with E-state index in [4.69, 9.17) is 4.74 Å². The van der Waals surface area contributed by atoms with Crippen LogP contribution >= 0.6 is 0 Å². The first-order valence-electron chi connectivity index (χ1n) is 6.65. The van der Waals surface area contributed by atoms with Crippen LogP contribution in [0.1, 0.15) is 31.7 Å². The minimum absolute atomic E-state index is 0.162. The molecular formula is C15H21NO2. The van der Waals surface area contributed by atoms with Gasteiger partial charge in [-0.1, -0.05) is 44.2 Å². The van der Waals surface area contributed by atoms with Crippen molar-refractivity contribution in [3.05, 3.63) is 35.9 Å². The van der Waals surface area contributed by atoms with E-state index in [-0.39, 0.29) is 6.09 Å². The molecule has 0 aliphatic carbocycles. The Hall–Kier alpha value is -1.51. The number of benzene rings is 1. The van der Waals surface area contributed by atoms with Crippen LogP contribution in [-0.4, -0.2) is 30.7 Å². The van der Waals surface area contributed by atoms with Crippen LogP contribution in [0, 0.1) is 5.92 Å². The quantitative estimate of drug-likeness (QED) is 0.799. The number of cyclic esters (lactones) is 1. The number of nitrogens with zero attached hydrogens (tertiary/aromatic N) is 1. The lowest BCUT2D eigenvalue weighted by atomic mass is 9.86. The lowest BCUT2D eigenvalue weighted by Crippen LogP contribution is -2.27. The molecule has 0 aromatic heterocycles. The highest BCUT2D eigenvalue weighted by Gasteiger charge is 2.24. The van der Waals surface area contributed by atoms with Crippen LogP contribution in [0.4, 0.5) is 4.79 Å². The number of hydrogen-bond donors (Lipinski definition) is 0. The molecule has 0 spiro atoms. The predicted octanol–water partition coefficient (Wildman–Crippen LogP) is 3.27. The summed E-state index contributed by atoms with van der Waals surface area (Å²) in [6, 6.07) is 10.5. The van der Waals surface area contributed by atoms with Crippen molar-refractivity contribution < 1.29 is 9.53 Å². The summed E-state index contributed by atoms with van der Waals surface area (Å²) in [4.78, 5) is 13.2. The Morgan fingerprint density at radius 3 is 2.56 bits per heavy atom. The molecule has 1 aliphatic heterocycles. The fourth-order valence-electron chi connectivity index (χ4n) is 2.51. The van der Waals surface area contributed by atoms with E-state index in [1.165, 1.54) is 5.56 Å². The maximum atomic E-state index is 11.4. The Balaban J connectivity index is 1.97. The van der Waals surface area contributed by atoms with E-state index in [2.05, 4.69) is 38.1 Å². The third kappa shape index (κ3) is 3.03. The van der Waals surface area contributed by atoms with Gasteiger partial charge in [0.25, 0.3) is 0 Å². The van der Waals surface area contributed by atoms with Crippen molar-refractivity contribution in [2.24, 2.45) is 5.92 Å². The molecule has 1 aromatic carbocycles. The van der Waals surface area contributed by atoms with Crippen LogP contribution in [0.25, 0.3) is 0 Å². The Morgan fingerprint density at radius 1 is 1.28 bits per heavy atom. The number of ether oxygens (including phenoxy) is 1. The van der Waals surface area contributed by atoms with Gasteiger partial charge in [0.1, 0.15) is 6.61 Å². The molecule has 1 unspecified atom stereocenters. The molecule has 3 nitrogen and oxygen atoms in total. The number of carbonyl (C=O) groups excluding carboxylic acids is 1. The SMILES string of the molecule is CC(C)C(CCN1CCOC1=O)c1ccccc1. The van der Waals surface area contributed by atoms with Crippen LogP contribution in [0.3, 0.4) is 0 Å². The van der Waals surface area contributed by atoms with Gasteiger partial charge in [-0.2, -0.15) is 0 Å². The zero-order valence-electron chi connectivity index (χ0n) is 11.1. The fourth-order valence-corrected chi connectivity index (χ4v) is 2.51. The second kappa shape index (κ2) is 5.89. The first kappa shape index (κ1) is 12.9.